The second kappa shape index (κ2) is 13.5. The first-order valence-electron chi connectivity index (χ1n) is 21.9. The quantitative estimate of drug-likeness (QED) is 0.163. The third kappa shape index (κ3) is 5.00. The summed E-state index contributed by atoms with van der Waals surface area (Å²) in [4.78, 5) is 16.2. The molecule has 7 nitrogen and oxygen atoms in total. The number of aromatic nitrogens is 5. The van der Waals surface area contributed by atoms with E-state index in [1.165, 1.54) is 44.3 Å². The van der Waals surface area contributed by atoms with Crippen LogP contribution < -0.4 is 9.15 Å². The third-order valence-corrected chi connectivity index (χ3v) is 13.3. The molecular formula is C57H37N7+2. The minimum Gasteiger partial charge on any atom is -0.318 e. The summed E-state index contributed by atoms with van der Waals surface area (Å²) in [6, 6.07) is 58.4. The Hall–Kier alpha value is -8.55. The van der Waals surface area contributed by atoms with Crippen LogP contribution in [0.4, 0.5) is 22.7 Å². The molecule has 64 heavy (non-hydrogen) atoms. The number of rotatable bonds is 5. The first-order chi connectivity index (χ1) is 31.8. The Balaban J connectivity index is 1.06. The number of fused-ring (bicyclic) bond motifs is 10. The highest BCUT2D eigenvalue weighted by molar-refractivity contribution is 6.20. The Morgan fingerprint density at radius 2 is 0.781 bits per heavy atom. The molecule has 7 heteroatoms. The summed E-state index contributed by atoms with van der Waals surface area (Å²) in [5.41, 5.74) is 14.3. The van der Waals surface area contributed by atoms with Crippen LogP contribution in [0, 0.1) is 0 Å². The van der Waals surface area contributed by atoms with E-state index in [9.17, 15) is 0 Å². The first-order valence-corrected chi connectivity index (χ1v) is 21.9. The normalized spacial score (nSPS) is 17.0. The number of nitrogens with zero attached hydrogens (tertiary/aromatic N) is 7. The predicted octanol–water partition coefficient (Wildman–Crippen LogP) is 13.0. The van der Waals surface area contributed by atoms with E-state index in [2.05, 4.69) is 212 Å². The molecule has 0 saturated heterocycles. The summed E-state index contributed by atoms with van der Waals surface area (Å²) in [6.07, 6.45) is 17.7. The van der Waals surface area contributed by atoms with Crippen LogP contribution in [0.25, 0.3) is 77.8 Å². The standard InChI is InChI=1S/C57H37N7/c1-4-18-36(19-5-1)55-58-56(37-32-43-41-24-10-12-26-45(41)63-49-30-16-14-28-47(49)61(51(34-37)53(43)63)39-20-6-2-7-21-39)60-57(59-55)38-33-44-42-25-11-13-27-46(42)64-50-31-17-15-29-48(50)62(52(35-38)54(44)64)40-22-8-3-9-23-40/h1-35,49-50H/q+2. The zero-order chi connectivity index (χ0) is 41.9. The Labute approximate surface area is 368 Å². The van der Waals surface area contributed by atoms with Crippen molar-refractivity contribution in [1.82, 2.24) is 33.2 Å². The van der Waals surface area contributed by atoms with Crippen molar-refractivity contribution in [2.45, 2.75) is 12.1 Å². The fourth-order valence-electron chi connectivity index (χ4n) is 10.6. The molecule has 0 saturated carbocycles. The summed E-state index contributed by atoms with van der Waals surface area (Å²) in [5.74, 6) is 1.85. The summed E-state index contributed by atoms with van der Waals surface area (Å²) in [7, 11) is 0. The highest BCUT2D eigenvalue weighted by Crippen LogP contribution is 2.47. The number of hydrogen-bond donors (Lipinski definition) is 0. The van der Waals surface area contributed by atoms with Crippen LogP contribution in [0.15, 0.2) is 212 Å². The molecule has 0 fully saturated rings. The SMILES string of the molecule is C1=CC2=[N+](c3ccccc3)c3cc(-c4nc(-c5ccccc5)nc(-c5cc6c7c(c5)c5ccccc5n7C5C=CC=CC5=[N+]6c5ccccc5)n4)cc4c5ccccc5n(c34)C2C=C1. The maximum Gasteiger partial charge on any atom is 0.236 e. The fourth-order valence-corrected chi connectivity index (χ4v) is 10.6. The van der Waals surface area contributed by atoms with Crippen LogP contribution >= 0.6 is 0 Å². The number of benzene rings is 7. The zero-order valence-electron chi connectivity index (χ0n) is 34.5. The first kappa shape index (κ1) is 35.1. The van der Waals surface area contributed by atoms with Gasteiger partial charge in [0.05, 0.1) is 11.0 Å². The molecule has 0 bridgehead atoms. The second-order valence-electron chi connectivity index (χ2n) is 16.8. The molecule has 0 spiro atoms. The highest BCUT2D eigenvalue weighted by atomic mass is 15.2. The van der Waals surface area contributed by atoms with Crippen molar-refractivity contribution in [3.8, 4) is 34.2 Å². The molecule has 2 aliphatic carbocycles. The van der Waals surface area contributed by atoms with Crippen molar-refractivity contribution >= 4 is 77.8 Å². The van der Waals surface area contributed by atoms with Crippen molar-refractivity contribution in [2.75, 3.05) is 0 Å². The van der Waals surface area contributed by atoms with Crippen LogP contribution in [0.2, 0.25) is 0 Å². The average Bonchev–Trinajstić information content (AvgIpc) is 3.89. The Morgan fingerprint density at radius 3 is 1.25 bits per heavy atom. The molecule has 7 aromatic carbocycles. The molecular weight excluding hydrogens is 783 g/mol. The molecule has 2 aliphatic heterocycles. The van der Waals surface area contributed by atoms with E-state index >= 15 is 0 Å². The van der Waals surface area contributed by atoms with Gasteiger partial charge in [-0.15, -0.1) is 0 Å². The summed E-state index contributed by atoms with van der Waals surface area (Å²) >= 11 is 0. The van der Waals surface area contributed by atoms with Gasteiger partial charge in [0, 0.05) is 86.8 Å². The zero-order valence-corrected chi connectivity index (χ0v) is 34.5. The van der Waals surface area contributed by atoms with Gasteiger partial charge in [-0.05, 0) is 24.3 Å². The lowest BCUT2D eigenvalue weighted by Crippen LogP contribution is -2.30. The number of para-hydroxylation sites is 4. The van der Waals surface area contributed by atoms with Gasteiger partial charge < -0.3 is 9.13 Å². The predicted molar refractivity (Wildman–Crippen MR) is 263 cm³/mol. The van der Waals surface area contributed by atoms with E-state index in [0.29, 0.717) is 17.5 Å². The van der Waals surface area contributed by atoms with Gasteiger partial charge in [0.1, 0.15) is 23.1 Å². The lowest BCUT2D eigenvalue weighted by molar-refractivity contribution is 0.781. The largest absolute Gasteiger partial charge is 0.318 e. The topological polar surface area (TPSA) is 54.5 Å². The van der Waals surface area contributed by atoms with E-state index in [0.717, 1.165) is 50.2 Å². The van der Waals surface area contributed by atoms with Crippen molar-refractivity contribution in [3.63, 3.8) is 0 Å². The van der Waals surface area contributed by atoms with E-state index in [-0.39, 0.29) is 12.1 Å². The van der Waals surface area contributed by atoms with Gasteiger partial charge in [-0.3, -0.25) is 0 Å². The molecule has 0 radical (unpaired) electrons. The van der Waals surface area contributed by atoms with Gasteiger partial charge in [-0.1, -0.05) is 140 Å². The smallest absolute Gasteiger partial charge is 0.236 e. The summed E-state index contributed by atoms with van der Waals surface area (Å²) in [6.45, 7) is 0. The van der Waals surface area contributed by atoms with Crippen molar-refractivity contribution in [1.29, 1.82) is 0 Å². The van der Waals surface area contributed by atoms with Gasteiger partial charge in [0.25, 0.3) is 0 Å². The van der Waals surface area contributed by atoms with Crippen LogP contribution in [0.3, 0.4) is 0 Å². The maximum absolute atomic E-state index is 5.50. The molecule has 298 valence electrons. The molecule has 2 atom stereocenters. The minimum absolute atomic E-state index is 0.0327. The average molecular weight is 820 g/mol. The Morgan fingerprint density at radius 1 is 0.375 bits per heavy atom. The van der Waals surface area contributed by atoms with Gasteiger partial charge in [-0.25, -0.2) is 15.0 Å². The minimum atomic E-state index is 0.0327. The summed E-state index contributed by atoms with van der Waals surface area (Å²) in [5, 5.41) is 4.71. The van der Waals surface area contributed by atoms with Gasteiger partial charge in [0.2, 0.25) is 34.2 Å². The Kier molecular flexibility index (Phi) is 7.39. The molecule has 5 heterocycles. The lowest BCUT2D eigenvalue weighted by Gasteiger charge is -2.25. The summed E-state index contributed by atoms with van der Waals surface area (Å²) < 4.78 is 9.84. The fraction of sp³-hybridized carbons (Fsp3) is 0.0351. The van der Waals surface area contributed by atoms with Crippen LogP contribution in [0.5, 0.6) is 0 Å². The molecule has 2 unspecified atom stereocenters. The van der Waals surface area contributed by atoms with E-state index < -0.39 is 0 Å². The molecule has 4 aliphatic rings. The Bertz CT molecular complexity index is 3600. The van der Waals surface area contributed by atoms with E-state index in [1.54, 1.807) is 0 Å². The number of hydrogen-bond acceptors (Lipinski definition) is 3. The lowest BCUT2D eigenvalue weighted by atomic mass is 9.99. The molecule has 10 aromatic rings. The van der Waals surface area contributed by atoms with Crippen LogP contribution in [-0.4, -0.2) is 35.5 Å². The maximum atomic E-state index is 5.50. The number of allylic oxidation sites excluding steroid dienone is 8. The molecule has 14 rings (SSSR count). The van der Waals surface area contributed by atoms with Crippen LogP contribution in [0.1, 0.15) is 12.1 Å². The monoisotopic (exact) mass is 819 g/mol. The van der Waals surface area contributed by atoms with Gasteiger partial charge >= 0.3 is 0 Å². The van der Waals surface area contributed by atoms with Crippen LogP contribution in [-0.2, 0) is 0 Å². The highest BCUT2D eigenvalue weighted by Gasteiger charge is 2.40. The molecule has 3 aromatic heterocycles. The van der Waals surface area contributed by atoms with Crippen molar-refractivity contribution < 1.29 is 0 Å². The molecule has 0 amide bonds. The molecule has 0 N–H and O–H groups in total. The third-order valence-electron chi connectivity index (χ3n) is 13.3. The van der Waals surface area contributed by atoms with Gasteiger partial charge in [-0.2, -0.15) is 9.15 Å². The van der Waals surface area contributed by atoms with Crippen molar-refractivity contribution in [3.05, 3.63) is 212 Å². The van der Waals surface area contributed by atoms with Crippen molar-refractivity contribution in [2.24, 2.45) is 0 Å². The van der Waals surface area contributed by atoms with E-state index in [4.69, 9.17) is 15.0 Å². The van der Waals surface area contributed by atoms with E-state index in [1.807, 2.05) is 18.2 Å². The second-order valence-corrected chi connectivity index (χ2v) is 16.8. The van der Waals surface area contributed by atoms with Gasteiger partial charge in [0.15, 0.2) is 17.5 Å².